The van der Waals surface area contributed by atoms with E-state index in [-0.39, 0.29) is 16.7 Å². The lowest BCUT2D eigenvalue weighted by Gasteiger charge is -2.22. The average Bonchev–Trinajstić information content (AvgIpc) is 2.72. The van der Waals surface area contributed by atoms with Crippen LogP contribution >= 0.6 is 11.8 Å². The SMILES string of the molecule is COC(=O)CCCCCCCCC1(C)NC(=O)CS1. The van der Waals surface area contributed by atoms with Crippen LogP contribution in [0.25, 0.3) is 0 Å². The lowest BCUT2D eigenvalue weighted by molar-refractivity contribution is -0.140. The number of thioether (sulfide) groups is 1. The molecule has 0 aromatic rings. The summed E-state index contributed by atoms with van der Waals surface area (Å²) in [5.74, 6) is 0.654. The van der Waals surface area contributed by atoms with Gasteiger partial charge in [-0.05, 0) is 19.8 Å². The van der Waals surface area contributed by atoms with Gasteiger partial charge in [0.15, 0.2) is 0 Å². The molecule has 1 unspecified atom stereocenters. The summed E-state index contributed by atoms with van der Waals surface area (Å²) in [5.41, 5.74) is 0. The fourth-order valence-corrected chi connectivity index (χ4v) is 3.26. The molecule has 0 spiro atoms. The molecule has 1 rings (SSSR count). The molecule has 1 saturated heterocycles. The summed E-state index contributed by atoms with van der Waals surface area (Å²) in [6, 6.07) is 0. The predicted octanol–water partition coefficient (Wildman–Crippen LogP) is 2.86. The molecule has 1 heterocycles. The number of hydrogen-bond donors (Lipinski definition) is 1. The van der Waals surface area contributed by atoms with Gasteiger partial charge in [-0.25, -0.2) is 0 Å². The highest BCUT2D eigenvalue weighted by Gasteiger charge is 2.32. The van der Waals surface area contributed by atoms with Crippen molar-refractivity contribution >= 4 is 23.6 Å². The van der Waals surface area contributed by atoms with Crippen LogP contribution in [0.15, 0.2) is 0 Å². The van der Waals surface area contributed by atoms with Gasteiger partial charge in [-0.15, -0.1) is 11.8 Å². The Morgan fingerprint density at radius 2 is 1.89 bits per heavy atom. The molecule has 0 aromatic carbocycles. The Balaban J connectivity index is 1.91. The van der Waals surface area contributed by atoms with Crippen molar-refractivity contribution < 1.29 is 14.3 Å². The van der Waals surface area contributed by atoms with Crippen molar-refractivity contribution in [3.63, 3.8) is 0 Å². The summed E-state index contributed by atoms with van der Waals surface area (Å²) in [6.07, 6.45) is 8.34. The fraction of sp³-hybridized carbons (Fsp3) is 0.857. The Kier molecular flexibility index (Phi) is 7.28. The number of hydrogen-bond acceptors (Lipinski definition) is 4. The van der Waals surface area contributed by atoms with Gasteiger partial charge in [0.05, 0.1) is 17.7 Å². The maximum atomic E-state index is 11.2. The standard InChI is InChI=1S/C14H25NO3S/c1-14(15-12(16)11-19-14)10-8-6-4-3-5-7-9-13(17)18-2/h3-11H2,1-2H3,(H,15,16). The molecule has 5 heteroatoms. The molecule has 1 atom stereocenters. The van der Waals surface area contributed by atoms with Gasteiger partial charge in [0, 0.05) is 6.42 Å². The second-order valence-electron chi connectivity index (χ2n) is 5.27. The van der Waals surface area contributed by atoms with E-state index in [0.29, 0.717) is 12.2 Å². The van der Waals surface area contributed by atoms with E-state index in [1.165, 1.54) is 26.4 Å². The highest BCUT2D eigenvalue weighted by Crippen LogP contribution is 2.32. The Hall–Kier alpha value is -0.710. The quantitative estimate of drug-likeness (QED) is 0.523. The Morgan fingerprint density at radius 3 is 2.47 bits per heavy atom. The van der Waals surface area contributed by atoms with Crippen LogP contribution < -0.4 is 5.32 Å². The lowest BCUT2D eigenvalue weighted by Crippen LogP contribution is -2.36. The second kappa shape index (κ2) is 8.46. The molecular formula is C14H25NO3S. The molecule has 1 N–H and O–H groups in total. The first-order chi connectivity index (χ1) is 9.06. The van der Waals surface area contributed by atoms with Gasteiger partial charge >= 0.3 is 5.97 Å². The van der Waals surface area contributed by atoms with E-state index in [9.17, 15) is 9.59 Å². The molecule has 1 aliphatic rings. The second-order valence-corrected chi connectivity index (χ2v) is 6.74. The third-order valence-electron chi connectivity index (χ3n) is 3.44. The summed E-state index contributed by atoms with van der Waals surface area (Å²) in [4.78, 5) is 22.0. The molecular weight excluding hydrogens is 262 g/mol. The number of amides is 1. The highest BCUT2D eigenvalue weighted by molar-refractivity contribution is 8.01. The van der Waals surface area contributed by atoms with E-state index in [1.54, 1.807) is 11.8 Å². The number of methoxy groups -OCH3 is 1. The zero-order valence-electron chi connectivity index (χ0n) is 12.0. The molecule has 1 fully saturated rings. The smallest absolute Gasteiger partial charge is 0.305 e. The molecule has 110 valence electrons. The first-order valence-electron chi connectivity index (χ1n) is 7.07. The zero-order chi connectivity index (χ0) is 14.1. The van der Waals surface area contributed by atoms with Crippen molar-refractivity contribution in [2.45, 2.75) is 63.2 Å². The van der Waals surface area contributed by atoms with Crippen LogP contribution in [-0.4, -0.2) is 29.6 Å². The van der Waals surface area contributed by atoms with Crippen LogP contribution in [0.2, 0.25) is 0 Å². The number of ether oxygens (including phenoxy) is 1. The number of carbonyl (C=O) groups excluding carboxylic acids is 2. The number of esters is 1. The molecule has 0 aromatic heterocycles. The topological polar surface area (TPSA) is 55.4 Å². The van der Waals surface area contributed by atoms with Gasteiger partial charge in [-0.1, -0.05) is 32.1 Å². The van der Waals surface area contributed by atoms with Crippen LogP contribution in [0.1, 0.15) is 58.3 Å². The number of nitrogens with one attached hydrogen (secondary N) is 1. The van der Waals surface area contributed by atoms with Gasteiger partial charge in [-0.3, -0.25) is 9.59 Å². The van der Waals surface area contributed by atoms with Crippen molar-refractivity contribution in [3.8, 4) is 0 Å². The molecule has 0 radical (unpaired) electrons. The van der Waals surface area contributed by atoms with Gasteiger partial charge in [0.25, 0.3) is 0 Å². The van der Waals surface area contributed by atoms with E-state index in [1.807, 2.05) is 0 Å². The summed E-state index contributed by atoms with van der Waals surface area (Å²) < 4.78 is 4.60. The minimum atomic E-state index is -0.109. The minimum absolute atomic E-state index is 0.0397. The Bertz CT molecular complexity index is 309. The van der Waals surface area contributed by atoms with Gasteiger partial charge in [-0.2, -0.15) is 0 Å². The normalized spacial score (nSPS) is 22.3. The van der Waals surface area contributed by atoms with Gasteiger partial charge < -0.3 is 10.1 Å². The minimum Gasteiger partial charge on any atom is -0.469 e. The molecule has 0 saturated carbocycles. The highest BCUT2D eigenvalue weighted by atomic mass is 32.2. The maximum Gasteiger partial charge on any atom is 0.305 e. The first kappa shape index (κ1) is 16.3. The average molecular weight is 287 g/mol. The van der Waals surface area contributed by atoms with Crippen LogP contribution in [0, 0.1) is 0 Å². The number of unbranched alkanes of at least 4 members (excludes halogenated alkanes) is 5. The molecule has 19 heavy (non-hydrogen) atoms. The predicted molar refractivity (Wildman–Crippen MR) is 78.0 cm³/mol. The first-order valence-corrected chi connectivity index (χ1v) is 8.06. The van der Waals surface area contributed by atoms with Crippen molar-refractivity contribution in [1.29, 1.82) is 0 Å². The Labute approximate surface area is 120 Å². The van der Waals surface area contributed by atoms with E-state index in [0.717, 1.165) is 25.7 Å². The summed E-state index contributed by atoms with van der Waals surface area (Å²) >= 11 is 1.72. The van der Waals surface area contributed by atoms with E-state index < -0.39 is 0 Å². The maximum absolute atomic E-state index is 11.2. The zero-order valence-corrected chi connectivity index (χ0v) is 12.8. The van der Waals surface area contributed by atoms with Crippen LogP contribution in [0.5, 0.6) is 0 Å². The summed E-state index contributed by atoms with van der Waals surface area (Å²) in [6.45, 7) is 2.11. The number of rotatable bonds is 9. The summed E-state index contributed by atoms with van der Waals surface area (Å²) in [5, 5.41) is 3.03. The molecule has 1 amide bonds. The molecule has 0 aliphatic carbocycles. The monoisotopic (exact) mass is 287 g/mol. The molecule has 0 bridgehead atoms. The fourth-order valence-electron chi connectivity index (χ4n) is 2.27. The van der Waals surface area contributed by atoms with Gasteiger partial charge in [0.1, 0.15) is 0 Å². The van der Waals surface area contributed by atoms with Crippen molar-refractivity contribution in [3.05, 3.63) is 0 Å². The Morgan fingerprint density at radius 1 is 1.26 bits per heavy atom. The van der Waals surface area contributed by atoms with Gasteiger partial charge in [0.2, 0.25) is 5.91 Å². The largest absolute Gasteiger partial charge is 0.469 e. The van der Waals surface area contributed by atoms with E-state index in [2.05, 4.69) is 17.0 Å². The van der Waals surface area contributed by atoms with Crippen molar-refractivity contribution in [1.82, 2.24) is 5.32 Å². The lowest BCUT2D eigenvalue weighted by atomic mass is 10.1. The third-order valence-corrected chi connectivity index (χ3v) is 4.79. The summed E-state index contributed by atoms with van der Waals surface area (Å²) in [7, 11) is 1.43. The van der Waals surface area contributed by atoms with E-state index in [4.69, 9.17) is 0 Å². The number of carbonyl (C=O) groups is 2. The van der Waals surface area contributed by atoms with Crippen LogP contribution in [0.3, 0.4) is 0 Å². The third kappa shape index (κ3) is 6.85. The van der Waals surface area contributed by atoms with Crippen molar-refractivity contribution in [2.75, 3.05) is 12.9 Å². The molecule has 4 nitrogen and oxygen atoms in total. The molecule has 1 aliphatic heterocycles. The van der Waals surface area contributed by atoms with Crippen molar-refractivity contribution in [2.24, 2.45) is 0 Å². The van der Waals surface area contributed by atoms with E-state index >= 15 is 0 Å². The van der Waals surface area contributed by atoms with Crippen LogP contribution in [-0.2, 0) is 14.3 Å². The van der Waals surface area contributed by atoms with Crippen LogP contribution in [0.4, 0.5) is 0 Å².